The van der Waals surface area contributed by atoms with Crippen LogP contribution >= 0.6 is 0 Å². The molecule has 0 aliphatic carbocycles. The molecule has 1 heterocycles. The zero-order valence-electron chi connectivity index (χ0n) is 11.0. The lowest BCUT2D eigenvalue weighted by molar-refractivity contribution is -0.384. The number of hydrogen-bond acceptors (Lipinski definition) is 4. The number of aryl methyl sites for hydroxylation is 1. The third-order valence-electron chi connectivity index (χ3n) is 2.96. The molecule has 0 spiro atoms. The van der Waals surface area contributed by atoms with Crippen LogP contribution in [0.4, 0.5) is 5.69 Å². The van der Waals surface area contributed by atoms with Crippen LogP contribution in [-0.2, 0) is 0 Å². The van der Waals surface area contributed by atoms with Gasteiger partial charge < -0.3 is 4.74 Å². The standard InChI is InChI=1S/C14H16N2O3/c1-3-4-9-19-14-13(16(17)18)12-8-6-5-7-11(12)10(2)15-14/h5-8H,3-4,9H2,1-2H3. The van der Waals surface area contributed by atoms with Gasteiger partial charge in [0.2, 0.25) is 0 Å². The number of aromatic nitrogens is 1. The zero-order chi connectivity index (χ0) is 13.8. The van der Waals surface area contributed by atoms with E-state index in [4.69, 9.17) is 4.74 Å². The Morgan fingerprint density at radius 1 is 1.32 bits per heavy atom. The van der Waals surface area contributed by atoms with Gasteiger partial charge in [0.1, 0.15) is 0 Å². The van der Waals surface area contributed by atoms with Gasteiger partial charge in [-0.2, -0.15) is 0 Å². The Morgan fingerprint density at radius 3 is 2.63 bits per heavy atom. The van der Waals surface area contributed by atoms with E-state index in [9.17, 15) is 10.1 Å². The molecule has 0 bridgehead atoms. The molecule has 5 nitrogen and oxygen atoms in total. The van der Waals surface area contributed by atoms with Crippen LogP contribution in [0.5, 0.6) is 5.88 Å². The number of nitrogens with zero attached hydrogens (tertiary/aromatic N) is 2. The van der Waals surface area contributed by atoms with Crippen molar-refractivity contribution in [2.75, 3.05) is 6.61 Å². The quantitative estimate of drug-likeness (QED) is 0.467. The summed E-state index contributed by atoms with van der Waals surface area (Å²) in [6, 6.07) is 7.19. The first-order chi connectivity index (χ1) is 9.15. The maximum atomic E-state index is 11.3. The number of rotatable bonds is 5. The summed E-state index contributed by atoms with van der Waals surface area (Å²) < 4.78 is 5.48. The molecule has 0 unspecified atom stereocenters. The first-order valence-electron chi connectivity index (χ1n) is 6.31. The lowest BCUT2D eigenvalue weighted by Crippen LogP contribution is -2.04. The summed E-state index contributed by atoms with van der Waals surface area (Å²) >= 11 is 0. The van der Waals surface area contributed by atoms with Crippen molar-refractivity contribution in [2.24, 2.45) is 0 Å². The average Bonchev–Trinajstić information content (AvgIpc) is 2.39. The maximum absolute atomic E-state index is 11.3. The van der Waals surface area contributed by atoms with Gasteiger partial charge >= 0.3 is 5.69 Å². The molecule has 2 rings (SSSR count). The van der Waals surface area contributed by atoms with Gasteiger partial charge in [-0.1, -0.05) is 31.5 Å². The Balaban J connectivity index is 2.56. The van der Waals surface area contributed by atoms with Gasteiger partial charge in [0.15, 0.2) is 0 Å². The van der Waals surface area contributed by atoms with E-state index in [1.54, 1.807) is 12.1 Å². The fourth-order valence-corrected chi connectivity index (χ4v) is 1.98. The highest BCUT2D eigenvalue weighted by Crippen LogP contribution is 2.34. The topological polar surface area (TPSA) is 65.3 Å². The zero-order valence-corrected chi connectivity index (χ0v) is 11.0. The van der Waals surface area contributed by atoms with Crippen LogP contribution in [0, 0.1) is 17.0 Å². The minimum Gasteiger partial charge on any atom is -0.473 e. The minimum atomic E-state index is -0.421. The monoisotopic (exact) mass is 260 g/mol. The summed E-state index contributed by atoms with van der Waals surface area (Å²) in [6.45, 7) is 4.32. The molecule has 0 saturated carbocycles. The van der Waals surface area contributed by atoms with Crippen molar-refractivity contribution in [3.63, 3.8) is 0 Å². The van der Waals surface area contributed by atoms with E-state index in [2.05, 4.69) is 4.98 Å². The molecule has 0 saturated heterocycles. The predicted molar refractivity (Wildman–Crippen MR) is 73.5 cm³/mol. The summed E-state index contributed by atoms with van der Waals surface area (Å²) in [7, 11) is 0. The van der Waals surface area contributed by atoms with E-state index in [1.807, 2.05) is 26.0 Å². The molecule has 0 aliphatic heterocycles. The van der Waals surface area contributed by atoms with Crippen molar-refractivity contribution < 1.29 is 9.66 Å². The van der Waals surface area contributed by atoms with Crippen LogP contribution in [0.3, 0.4) is 0 Å². The first-order valence-corrected chi connectivity index (χ1v) is 6.31. The third kappa shape index (κ3) is 2.65. The second-order valence-corrected chi connectivity index (χ2v) is 4.36. The van der Waals surface area contributed by atoms with Crippen molar-refractivity contribution in [1.82, 2.24) is 4.98 Å². The van der Waals surface area contributed by atoms with Gasteiger partial charge in [-0.05, 0) is 19.4 Å². The van der Waals surface area contributed by atoms with Crippen LogP contribution in [-0.4, -0.2) is 16.5 Å². The number of hydrogen-bond donors (Lipinski definition) is 0. The molecule has 1 aromatic heterocycles. The lowest BCUT2D eigenvalue weighted by Gasteiger charge is -2.09. The van der Waals surface area contributed by atoms with Gasteiger partial charge in [-0.3, -0.25) is 10.1 Å². The third-order valence-corrected chi connectivity index (χ3v) is 2.96. The molecule has 5 heteroatoms. The largest absolute Gasteiger partial charge is 0.473 e. The van der Waals surface area contributed by atoms with Crippen molar-refractivity contribution >= 4 is 16.5 Å². The second kappa shape index (κ2) is 5.65. The molecule has 0 aliphatic rings. The lowest BCUT2D eigenvalue weighted by atomic mass is 10.1. The Morgan fingerprint density at radius 2 is 2.00 bits per heavy atom. The van der Waals surface area contributed by atoms with E-state index >= 15 is 0 Å². The van der Waals surface area contributed by atoms with Crippen molar-refractivity contribution in [3.8, 4) is 5.88 Å². The summed E-state index contributed by atoms with van der Waals surface area (Å²) in [5.74, 6) is 0.120. The van der Waals surface area contributed by atoms with E-state index < -0.39 is 4.92 Å². The highest BCUT2D eigenvalue weighted by Gasteiger charge is 2.22. The van der Waals surface area contributed by atoms with Crippen LogP contribution in [0.2, 0.25) is 0 Å². The molecule has 0 N–H and O–H groups in total. The van der Waals surface area contributed by atoms with Gasteiger partial charge in [-0.15, -0.1) is 0 Å². The molecule has 0 amide bonds. The Bertz CT molecular complexity index is 611. The SMILES string of the molecule is CCCCOc1nc(C)c2ccccc2c1[N+](=O)[O-]. The number of nitro groups is 1. The fraction of sp³-hybridized carbons (Fsp3) is 0.357. The summed E-state index contributed by atoms with van der Waals surface area (Å²) in [5.41, 5.74) is 0.699. The number of ether oxygens (including phenoxy) is 1. The molecular formula is C14H16N2O3. The van der Waals surface area contributed by atoms with Gasteiger partial charge in [-0.25, -0.2) is 4.98 Å². The molecule has 100 valence electrons. The Hall–Kier alpha value is -2.17. The predicted octanol–water partition coefficient (Wildman–Crippen LogP) is 3.63. The van der Waals surface area contributed by atoms with Crippen molar-refractivity contribution in [1.29, 1.82) is 0 Å². The van der Waals surface area contributed by atoms with Crippen LogP contribution in [0.1, 0.15) is 25.5 Å². The Labute approximate surface area is 111 Å². The summed E-state index contributed by atoms with van der Waals surface area (Å²) in [4.78, 5) is 15.1. The van der Waals surface area contributed by atoms with E-state index in [1.165, 1.54) is 0 Å². The summed E-state index contributed by atoms with van der Waals surface area (Å²) in [6.07, 6.45) is 1.82. The molecule has 2 aromatic rings. The first kappa shape index (κ1) is 13.3. The van der Waals surface area contributed by atoms with E-state index in [-0.39, 0.29) is 11.6 Å². The number of benzene rings is 1. The van der Waals surface area contributed by atoms with Crippen LogP contribution < -0.4 is 4.74 Å². The number of fused-ring (bicyclic) bond motifs is 1. The minimum absolute atomic E-state index is 0.0442. The highest BCUT2D eigenvalue weighted by atomic mass is 16.6. The van der Waals surface area contributed by atoms with Gasteiger partial charge in [0.05, 0.1) is 16.9 Å². The molecular weight excluding hydrogens is 244 g/mol. The van der Waals surface area contributed by atoms with Crippen LogP contribution in [0.15, 0.2) is 24.3 Å². The highest BCUT2D eigenvalue weighted by molar-refractivity contribution is 5.94. The molecule has 19 heavy (non-hydrogen) atoms. The smallest absolute Gasteiger partial charge is 0.338 e. The van der Waals surface area contributed by atoms with Gasteiger partial charge in [0, 0.05) is 11.1 Å². The fourth-order valence-electron chi connectivity index (χ4n) is 1.98. The van der Waals surface area contributed by atoms with Gasteiger partial charge in [0.25, 0.3) is 5.88 Å². The normalized spacial score (nSPS) is 10.6. The second-order valence-electron chi connectivity index (χ2n) is 4.36. The number of pyridine rings is 1. The Kier molecular flexibility index (Phi) is 3.94. The van der Waals surface area contributed by atoms with Crippen molar-refractivity contribution in [2.45, 2.75) is 26.7 Å². The van der Waals surface area contributed by atoms with E-state index in [0.717, 1.165) is 23.9 Å². The molecule has 0 radical (unpaired) electrons. The number of unbranched alkanes of at least 4 members (excludes halogenated alkanes) is 1. The molecule has 1 aromatic carbocycles. The van der Waals surface area contributed by atoms with Crippen molar-refractivity contribution in [3.05, 3.63) is 40.1 Å². The molecule has 0 atom stereocenters. The van der Waals surface area contributed by atoms with E-state index in [0.29, 0.717) is 12.0 Å². The average molecular weight is 260 g/mol. The maximum Gasteiger partial charge on any atom is 0.338 e. The van der Waals surface area contributed by atoms with Crippen LogP contribution in [0.25, 0.3) is 10.8 Å². The summed E-state index contributed by atoms with van der Waals surface area (Å²) in [5, 5.41) is 12.6. The molecule has 0 fully saturated rings.